The van der Waals surface area contributed by atoms with Crippen LogP contribution in [0.4, 0.5) is 13.2 Å². The lowest BCUT2D eigenvalue weighted by atomic mass is 10.2. The second-order valence-electron chi connectivity index (χ2n) is 6.14. The summed E-state index contributed by atoms with van der Waals surface area (Å²) in [5.74, 6) is -0.302. The first-order valence-corrected chi connectivity index (χ1v) is 8.35. The third kappa shape index (κ3) is 5.13. The van der Waals surface area contributed by atoms with Crippen LogP contribution in [0.2, 0.25) is 0 Å². The van der Waals surface area contributed by atoms with Crippen LogP contribution in [0.5, 0.6) is 0 Å². The van der Waals surface area contributed by atoms with Gasteiger partial charge in [-0.25, -0.2) is 4.79 Å². The van der Waals surface area contributed by atoms with Crippen molar-refractivity contribution in [3.05, 3.63) is 32.6 Å². The Morgan fingerprint density at radius 3 is 2.69 bits per heavy atom. The van der Waals surface area contributed by atoms with E-state index >= 15 is 0 Å². The molecule has 0 radical (unpaired) electrons. The molecule has 1 saturated heterocycles. The van der Waals surface area contributed by atoms with Crippen molar-refractivity contribution in [2.24, 2.45) is 0 Å². The molecule has 0 aliphatic carbocycles. The summed E-state index contributed by atoms with van der Waals surface area (Å²) in [6.45, 7) is 1.06. The van der Waals surface area contributed by atoms with Gasteiger partial charge in [0.25, 0.3) is 5.56 Å². The van der Waals surface area contributed by atoms with E-state index in [-0.39, 0.29) is 32.0 Å². The fourth-order valence-electron chi connectivity index (χ4n) is 2.81. The molecule has 12 heteroatoms. The normalized spacial score (nSPS) is 21.9. The number of carbonyl (C=O) groups excluding carboxylic acids is 1. The number of halogens is 3. The van der Waals surface area contributed by atoms with Gasteiger partial charge in [-0.2, -0.15) is 17.7 Å². The van der Waals surface area contributed by atoms with E-state index < -0.39 is 46.3 Å². The van der Waals surface area contributed by atoms with E-state index in [0.29, 0.717) is 0 Å². The molecule has 1 aromatic rings. The number of ether oxygens (including phenoxy) is 4. The molecule has 1 aromatic heterocycles. The first-order valence-electron chi connectivity index (χ1n) is 8.35. The zero-order valence-electron chi connectivity index (χ0n) is 15.6. The first-order chi connectivity index (χ1) is 13.6. The summed E-state index contributed by atoms with van der Waals surface area (Å²) < 4.78 is 59.9. The molecule has 0 aromatic carbocycles. The van der Waals surface area contributed by atoms with Gasteiger partial charge in [-0.05, 0) is 6.92 Å². The molecule has 1 aliphatic rings. The monoisotopic (exact) mass is 420 g/mol. The predicted octanol–water partition coefficient (Wildman–Crippen LogP) is 0.447. The Morgan fingerprint density at radius 2 is 2.10 bits per heavy atom. The summed E-state index contributed by atoms with van der Waals surface area (Å²) in [6.07, 6.45) is -1.63. The smallest absolute Gasteiger partial charge is 0.363 e. The average molecular weight is 420 g/mol. The number of hydrogen-bond donors (Lipinski definition) is 0. The number of alkyl halides is 3. The number of nitrogens with zero attached hydrogens (tertiary/aromatic N) is 2. The van der Waals surface area contributed by atoms with E-state index in [2.05, 4.69) is 5.92 Å². The van der Waals surface area contributed by atoms with Gasteiger partial charge in [0.05, 0.1) is 12.7 Å². The zero-order valence-corrected chi connectivity index (χ0v) is 15.6. The molecule has 29 heavy (non-hydrogen) atoms. The fraction of sp³-hybridized carbons (Fsp3) is 0.588. The number of carbonyl (C=O) groups is 1. The molecule has 3 atom stereocenters. The Labute approximate surface area is 162 Å². The molecule has 9 nitrogen and oxygen atoms in total. The van der Waals surface area contributed by atoms with Crippen LogP contribution < -0.4 is 11.2 Å². The summed E-state index contributed by atoms with van der Waals surface area (Å²) >= 11 is 0. The van der Waals surface area contributed by atoms with Gasteiger partial charge in [-0.1, -0.05) is 5.92 Å². The second kappa shape index (κ2) is 9.36. The molecule has 160 valence electrons. The quantitative estimate of drug-likeness (QED) is 0.359. The molecule has 0 N–H and O–H groups in total. The number of methoxy groups -OCH3 is 1. The lowest BCUT2D eigenvalue weighted by Crippen LogP contribution is -2.49. The molecule has 0 unspecified atom stereocenters. The van der Waals surface area contributed by atoms with Crippen molar-refractivity contribution >= 4 is 5.91 Å². The van der Waals surface area contributed by atoms with Crippen molar-refractivity contribution in [2.45, 2.75) is 38.0 Å². The van der Waals surface area contributed by atoms with Crippen LogP contribution in [-0.2, 0) is 18.9 Å². The topological polar surface area (TPSA) is 98.0 Å². The molecule has 1 aliphatic heterocycles. The molecular formula is C17H19F3N2O7. The van der Waals surface area contributed by atoms with Crippen molar-refractivity contribution in [1.82, 2.24) is 9.13 Å². The lowest BCUT2D eigenvalue weighted by Gasteiger charge is -2.18. The van der Waals surface area contributed by atoms with Gasteiger partial charge in [0.1, 0.15) is 25.7 Å². The standard InChI is InChI=1S/C17H19F3N2O7/c1-4-5-28-11-6-13(29-12(11)8-27-9-26-3)21-7-10(2)14(23)22(16(21)25)15(24)17(18,19)20/h1,7,11-13H,5-6,8-9H2,2-3H3/t11-,12+,13+/m0/s1. The van der Waals surface area contributed by atoms with Crippen LogP contribution in [-0.4, -0.2) is 60.5 Å². The molecule has 1 fully saturated rings. The highest BCUT2D eigenvalue weighted by Crippen LogP contribution is 2.30. The largest absolute Gasteiger partial charge is 0.472 e. The van der Waals surface area contributed by atoms with E-state index in [1.165, 1.54) is 14.0 Å². The molecule has 2 heterocycles. The number of rotatable bonds is 7. The van der Waals surface area contributed by atoms with E-state index in [1.807, 2.05) is 0 Å². The summed E-state index contributed by atoms with van der Waals surface area (Å²) in [5.41, 5.74) is -3.07. The minimum atomic E-state index is -5.40. The second-order valence-corrected chi connectivity index (χ2v) is 6.14. The summed E-state index contributed by atoms with van der Waals surface area (Å²) in [7, 11) is 1.41. The van der Waals surface area contributed by atoms with Crippen molar-refractivity contribution in [2.75, 3.05) is 27.1 Å². The molecule has 2 rings (SSSR count). The Bertz CT molecular complexity index is 900. The highest BCUT2D eigenvalue weighted by atomic mass is 19.4. The molecule has 0 bridgehead atoms. The van der Waals surface area contributed by atoms with Gasteiger partial charge in [-0.15, -0.1) is 6.42 Å². The third-order valence-electron chi connectivity index (χ3n) is 4.09. The minimum Gasteiger partial charge on any atom is -0.363 e. The Balaban J connectivity index is 2.40. The number of terminal acetylenes is 1. The summed E-state index contributed by atoms with van der Waals surface area (Å²) in [5, 5.41) is 0. The van der Waals surface area contributed by atoms with Crippen LogP contribution in [0, 0.1) is 19.3 Å². The lowest BCUT2D eigenvalue weighted by molar-refractivity contribution is -0.108. The average Bonchev–Trinajstić information content (AvgIpc) is 3.05. The SMILES string of the molecule is C#CCO[C@H]1C[C@H](n2cc(C)c(=O)n(C(=O)C(F)(F)F)c2=O)O[C@@H]1COCOC. The Hall–Kier alpha value is -2.46. The van der Waals surface area contributed by atoms with Gasteiger partial charge < -0.3 is 18.9 Å². The van der Waals surface area contributed by atoms with Crippen molar-refractivity contribution in [3.63, 3.8) is 0 Å². The van der Waals surface area contributed by atoms with E-state index in [0.717, 1.165) is 10.8 Å². The van der Waals surface area contributed by atoms with Crippen LogP contribution in [0.1, 0.15) is 23.0 Å². The molecular weight excluding hydrogens is 401 g/mol. The van der Waals surface area contributed by atoms with Crippen LogP contribution >= 0.6 is 0 Å². The van der Waals surface area contributed by atoms with E-state index in [9.17, 15) is 27.6 Å². The van der Waals surface area contributed by atoms with Gasteiger partial charge in [0.15, 0.2) is 0 Å². The maximum atomic E-state index is 12.8. The van der Waals surface area contributed by atoms with Crippen LogP contribution in [0.25, 0.3) is 0 Å². The van der Waals surface area contributed by atoms with Gasteiger partial charge in [-0.3, -0.25) is 14.2 Å². The van der Waals surface area contributed by atoms with Crippen LogP contribution in [0.3, 0.4) is 0 Å². The Morgan fingerprint density at radius 1 is 1.41 bits per heavy atom. The minimum absolute atomic E-state index is 0.00552. The zero-order chi connectivity index (χ0) is 21.8. The molecule has 0 saturated carbocycles. The van der Waals surface area contributed by atoms with E-state index in [1.54, 1.807) is 0 Å². The highest BCUT2D eigenvalue weighted by molar-refractivity contribution is 5.84. The maximum absolute atomic E-state index is 12.8. The third-order valence-corrected chi connectivity index (χ3v) is 4.09. The van der Waals surface area contributed by atoms with Gasteiger partial charge in [0.2, 0.25) is 0 Å². The van der Waals surface area contributed by atoms with Crippen molar-refractivity contribution in [3.8, 4) is 12.3 Å². The molecule has 0 spiro atoms. The van der Waals surface area contributed by atoms with Crippen molar-refractivity contribution < 1.29 is 36.9 Å². The van der Waals surface area contributed by atoms with Crippen molar-refractivity contribution in [1.29, 1.82) is 0 Å². The number of aromatic nitrogens is 2. The van der Waals surface area contributed by atoms with E-state index in [4.69, 9.17) is 25.4 Å². The predicted molar refractivity (Wildman–Crippen MR) is 91.3 cm³/mol. The summed E-state index contributed by atoms with van der Waals surface area (Å²) in [6, 6.07) is 0. The number of hydrogen-bond acceptors (Lipinski definition) is 7. The Kier molecular flexibility index (Phi) is 7.37. The highest BCUT2D eigenvalue weighted by Gasteiger charge is 2.43. The summed E-state index contributed by atoms with van der Waals surface area (Å²) in [4.78, 5) is 36.1. The number of aryl methyl sites for hydroxylation is 1. The maximum Gasteiger partial charge on any atom is 0.472 e. The molecule has 0 amide bonds. The first kappa shape index (κ1) is 22.8. The fourth-order valence-corrected chi connectivity index (χ4v) is 2.81. The van der Waals surface area contributed by atoms with Gasteiger partial charge in [0, 0.05) is 25.3 Å². The van der Waals surface area contributed by atoms with Gasteiger partial charge >= 0.3 is 17.8 Å². The van der Waals surface area contributed by atoms with Crippen LogP contribution in [0.15, 0.2) is 15.8 Å².